The number of nitrogens with two attached hydrogens (primary N) is 1. The molecule has 0 fully saturated rings. The van der Waals surface area contributed by atoms with E-state index < -0.39 is 18.0 Å². The molecule has 0 aromatic heterocycles. The summed E-state index contributed by atoms with van der Waals surface area (Å²) in [6.07, 6.45) is -0.0897. The quantitative estimate of drug-likeness (QED) is 0.420. The zero-order valence-electron chi connectivity index (χ0n) is 8.77. The maximum atomic E-state index is 10.6. The lowest BCUT2D eigenvalue weighted by atomic mass is 10.1. The lowest BCUT2D eigenvalue weighted by Crippen LogP contribution is -2.93. The summed E-state index contributed by atoms with van der Waals surface area (Å²) in [5.74, 6) is -2.23. The summed E-state index contributed by atoms with van der Waals surface area (Å²) in [6, 6.07) is -0.804. The molecule has 0 aliphatic rings. The number of hydrogen-bond acceptors (Lipinski definition) is 4. The van der Waals surface area contributed by atoms with Gasteiger partial charge in [0.1, 0.15) is 6.04 Å². The van der Waals surface area contributed by atoms with Crippen molar-refractivity contribution in [3.63, 3.8) is 0 Å². The van der Waals surface area contributed by atoms with Gasteiger partial charge in [-0.25, -0.2) is 0 Å². The van der Waals surface area contributed by atoms with E-state index in [2.05, 4.69) is 0 Å². The van der Waals surface area contributed by atoms with Crippen molar-refractivity contribution in [1.29, 1.82) is 0 Å². The summed E-state index contributed by atoms with van der Waals surface area (Å²) < 4.78 is 5.03. The Balaban J connectivity index is 3.73. The third-order valence-electron chi connectivity index (χ3n) is 1.89. The van der Waals surface area contributed by atoms with Crippen molar-refractivity contribution in [3.05, 3.63) is 0 Å². The van der Waals surface area contributed by atoms with Gasteiger partial charge in [-0.1, -0.05) is 0 Å². The SMILES string of the molecule is CCOCC[NH2+]C(CCC(=O)O)C(=O)[O-]. The Morgan fingerprint density at radius 2 is 2.20 bits per heavy atom. The van der Waals surface area contributed by atoms with Crippen LogP contribution in [0.15, 0.2) is 0 Å². The third kappa shape index (κ3) is 7.90. The first-order valence-electron chi connectivity index (χ1n) is 4.91. The number of hydrogen-bond donors (Lipinski definition) is 2. The topological polar surface area (TPSA) is 103 Å². The first-order valence-corrected chi connectivity index (χ1v) is 4.91. The Morgan fingerprint density at radius 3 is 2.67 bits per heavy atom. The molecule has 0 aromatic carbocycles. The fourth-order valence-corrected chi connectivity index (χ4v) is 1.11. The number of ether oxygens (including phenoxy) is 1. The van der Waals surface area contributed by atoms with Crippen LogP contribution in [0.5, 0.6) is 0 Å². The molecule has 1 atom stereocenters. The molecule has 0 saturated heterocycles. The summed E-state index contributed by atoms with van der Waals surface area (Å²) in [6.45, 7) is 3.37. The van der Waals surface area contributed by atoms with Gasteiger partial charge in [0, 0.05) is 13.0 Å². The minimum atomic E-state index is -1.23. The molecule has 15 heavy (non-hydrogen) atoms. The van der Waals surface area contributed by atoms with Crippen LogP contribution in [0.2, 0.25) is 0 Å². The van der Waals surface area contributed by atoms with Gasteiger partial charge in [0.2, 0.25) is 0 Å². The summed E-state index contributed by atoms with van der Waals surface area (Å²) >= 11 is 0. The van der Waals surface area contributed by atoms with Crippen LogP contribution in [0.1, 0.15) is 19.8 Å². The maximum Gasteiger partial charge on any atom is 0.303 e. The van der Waals surface area contributed by atoms with Crippen molar-refractivity contribution in [3.8, 4) is 0 Å². The van der Waals surface area contributed by atoms with Crippen molar-refractivity contribution in [1.82, 2.24) is 0 Å². The van der Waals surface area contributed by atoms with Crippen molar-refractivity contribution < 1.29 is 29.9 Å². The molecule has 0 spiro atoms. The van der Waals surface area contributed by atoms with E-state index in [0.29, 0.717) is 19.8 Å². The summed E-state index contributed by atoms with van der Waals surface area (Å²) in [5, 5.41) is 20.5. The van der Waals surface area contributed by atoms with Crippen molar-refractivity contribution in [2.75, 3.05) is 19.8 Å². The first-order chi connectivity index (χ1) is 7.07. The largest absolute Gasteiger partial charge is 0.544 e. The van der Waals surface area contributed by atoms with Gasteiger partial charge in [-0.3, -0.25) is 4.79 Å². The van der Waals surface area contributed by atoms with Crippen LogP contribution in [0.3, 0.4) is 0 Å². The number of quaternary nitrogens is 1. The van der Waals surface area contributed by atoms with Crippen LogP contribution in [0, 0.1) is 0 Å². The van der Waals surface area contributed by atoms with E-state index in [1.807, 2.05) is 6.92 Å². The van der Waals surface area contributed by atoms with E-state index in [1.54, 1.807) is 0 Å². The second-order valence-corrected chi connectivity index (χ2v) is 3.08. The molecule has 6 heteroatoms. The lowest BCUT2D eigenvalue weighted by Gasteiger charge is -2.15. The number of carboxylic acid groups (broad SMARTS) is 2. The molecule has 0 aromatic rings. The zero-order chi connectivity index (χ0) is 11.7. The Kier molecular flexibility index (Phi) is 7.57. The van der Waals surface area contributed by atoms with E-state index in [4.69, 9.17) is 9.84 Å². The molecule has 88 valence electrons. The molecular formula is C9H17NO5. The van der Waals surface area contributed by atoms with E-state index in [9.17, 15) is 14.7 Å². The van der Waals surface area contributed by atoms with E-state index >= 15 is 0 Å². The van der Waals surface area contributed by atoms with Crippen LogP contribution in [0.4, 0.5) is 0 Å². The van der Waals surface area contributed by atoms with Crippen LogP contribution in [0.25, 0.3) is 0 Å². The molecule has 3 N–H and O–H groups in total. The first kappa shape index (κ1) is 13.9. The Bertz CT molecular complexity index is 207. The van der Waals surface area contributed by atoms with Gasteiger partial charge in [-0.05, 0) is 6.92 Å². The van der Waals surface area contributed by atoms with Gasteiger partial charge in [0.15, 0.2) is 0 Å². The predicted molar refractivity (Wildman–Crippen MR) is 49.0 cm³/mol. The number of rotatable bonds is 9. The minimum Gasteiger partial charge on any atom is -0.544 e. The summed E-state index contributed by atoms with van der Waals surface area (Å²) in [5.41, 5.74) is 0. The molecule has 1 unspecified atom stereocenters. The van der Waals surface area contributed by atoms with Gasteiger partial charge >= 0.3 is 5.97 Å². The van der Waals surface area contributed by atoms with Crippen molar-refractivity contribution in [2.45, 2.75) is 25.8 Å². The minimum absolute atomic E-state index is 0.0732. The molecule has 0 aliphatic heterocycles. The highest BCUT2D eigenvalue weighted by Gasteiger charge is 2.14. The van der Waals surface area contributed by atoms with E-state index in [1.165, 1.54) is 5.32 Å². The Morgan fingerprint density at radius 1 is 1.53 bits per heavy atom. The van der Waals surface area contributed by atoms with Crippen LogP contribution in [-0.2, 0) is 14.3 Å². The molecule has 0 rings (SSSR count). The molecule has 0 heterocycles. The second-order valence-electron chi connectivity index (χ2n) is 3.08. The highest BCUT2D eigenvalue weighted by molar-refractivity contribution is 5.71. The van der Waals surface area contributed by atoms with Gasteiger partial charge in [-0.15, -0.1) is 0 Å². The number of carbonyl (C=O) groups excluding carboxylic acids is 1. The predicted octanol–water partition coefficient (Wildman–Crippen LogP) is -2.43. The standard InChI is InChI=1S/C9H17NO5/c1-2-15-6-5-10-7(9(13)14)3-4-8(11)12/h7,10H,2-6H2,1H3,(H,11,12)(H,13,14). The molecule has 0 amide bonds. The lowest BCUT2D eigenvalue weighted by molar-refractivity contribution is -0.685. The molecule has 0 radical (unpaired) electrons. The fraction of sp³-hybridized carbons (Fsp3) is 0.778. The highest BCUT2D eigenvalue weighted by Crippen LogP contribution is 1.91. The van der Waals surface area contributed by atoms with Gasteiger partial charge in [0.05, 0.1) is 25.5 Å². The molecule has 0 bridgehead atoms. The van der Waals surface area contributed by atoms with Gasteiger partial charge in [-0.2, -0.15) is 0 Å². The summed E-state index contributed by atoms with van der Waals surface area (Å²) in [4.78, 5) is 20.9. The maximum absolute atomic E-state index is 10.6. The third-order valence-corrected chi connectivity index (χ3v) is 1.89. The molecule has 6 nitrogen and oxygen atoms in total. The average molecular weight is 219 g/mol. The smallest absolute Gasteiger partial charge is 0.303 e. The molecular weight excluding hydrogens is 202 g/mol. The zero-order valence-corrected chi connectivity index (χ0v) is 8.77. The second kappa shape index (κ2) is 8.19. The molecule has 0 aliphatic carbocycles. The van der Waals surface area contributed by atoms with Crippen molar-refractivity contribution in [2.24, 2.45) is 0 Å². The van der Waals surface area contributed by atoms with Gasteiger partial charge < -0.3 is 25.1 Å². The number of carbonyl (C=O) groups is 2. The average Bonchev–Trinajstić information content (AvgIpc) is 2.15. The van der Waals surface area contributed by atoms with Crippen LogP contribution >= 0.6 is 0 Å². The number of aliphatic carboxylic acids is 2. The van der Waals surface area contributed by atoms with Crippen molar-refractivity contribution >= 4 is 11.9 Å². The van der Waals surface area contributed by atoms with E-state index in [-0.39, 0.29) is 12.8 Å². The van der Waals surface area contributed by atoms with E-state index in [0.717, 1.165) is 0 Å². The monoisotopic (exact) mass is 219 g/mol. The van der Waals surface area contributed by atoms with Gasteiger partial charge in [0.25, 0.3) is 0 Å². The number of carboxylic acids is 2. The summed E-state index contributed by atoms with van der Waals surface area (Å²) in [7, 11) is 0. The normalized spacial score (nSPS) is 12.3. The Hall–Kier alpha value is -1.14. The van der Waals surface area contributed by atoms with Crippen LogP contribution in [-0.4, -0.2) is 42.8 Å². The Labute approximate surface area is 88.2 Å². The fourth-order valence-electron chi connectivity index (χ4n) is 1.11. The van der Waals surface area contributed by atoms with Crippen LogP contribution < -0.4 is 10.4 Å². The molecule has 0 saturated carbocycles. The highest BCUT2D eigenvalue weighted by atomic mass is 16.5.